The van der Waals surface area contributed by atoms with Crippen molar-refractivity contribution in [3.63, 3.8) is 0 Å². The molecule has 19 heavy (non-hydrogen) atoms. The summed E-state index contributed by atoms with van der Waals surface area (Å²) in [5.74, 6) is -0.833. The van der Waals surface area contributed by atoms with Gasteiger partial charge in [0.15, 0.2) is 0 Å². The molecule has 1 aromatic rings. The van der Waals surface area contributed by atoms with Crippen LogP contribution in [0, 0.1) is 0 Å². The summed E-state index contributed by atoms with van der Waals surface area (Å²) in [6.45, 7) is 1.92. The molecule has 0 aliphatic heterocycles. The molecule has 0 saturated heterocycles. The fourth-order valence-electron chi connectivity index (χ4n) is 1.39. The number of hydrogen-bond acceptors (Lipinski definition) is 5. The first-order valence-corrected chi connectivity index (χ1v) is 6.64. The number of rotatable bonds is 7. The van der Waals surface area contributed by atoms with E-state index in [1.807, 2.05) is 0 Å². The molecular formula is C13H16O5S. The molecule has 1 N–H and O–H groups in total. The van der Waals surface area contributed by atoms with Gasteiger partial charge < -0.3 is 14.6 Å². The lowest BCUT2D eigenvalue weighted by atomic mass is 10.3. The SMILES string of the molecule is CCOC(=O)C(CC(=O)O)Sc1ccc(OC)cc1. The second-order valence-corrected chi connectivity index (χ2v) is 4.91. The van der Waals surface area contributed by atoms with Gasteiger partial charge in [-0.05, 0) is 31.2 Å². The maximum Gasteiger partial charge on any atom is 0.320 e. The van der Waals surface area contributed by atoms with E-state index in [1.165, 1.54) is 11.8 Å². The molecule has 0 bridgehead atoms. The molecule has 0 saturated carbocycles. The number of carbonyl (C=O) groups is 2. The number of ether oxygens (including phenoxy) is 2. The maximum absolute atomic E-state index is 11.7. The van der Waals surface area contributed by atoms with Crippen LogP contribution in [-0.4, -0.2) is 36.0 Å². The number of esters is 1. The quantitative estimate of drug-likeness (QED) is 0.611. The summed E-state index contributed by atoms with van der Waals surface area (Å²) >= 11 is 1.17. The number of thioether (sulfide) groups is 1. The van der Waals surface area contributed by atoms with Gasteiger partial charge in [0.05, 0.1) is 20.1 Å². The van der Waals surface area contributed by atoms with Crippen LogP contribution in [-0.2, 0) is 14.3 Å². The molecule has 0 fully saturated rings. The van der Waals surface area contributed by atoms with Gasteiger partial charge in [0.2, 0.25) is 0 Å². The van der Waals surface area contributed by atoms with Gasteiger partial charge in [0, 0.05) is 4.90 Å². The van der Waals surface area contributed by atoms with Gasteiger partial charge in [0.1, 0.15) is 11.0 Å². The molecule has 1 unspecified atom stereocenters. The number of carbonyl (C=O) groups excluding carboxylic acids is 1. The van der Waals surface area contributed by atoms with E-state index in [4.69, 9.17) is 14.6 Å². The Hall–Kier alpha value is -1.69. The van der Waals surface area contributed by atoms with Crippen LogP contribution in [0.1, 0.15) is 13.3 Å². The lowest BCUT2D eigenvalue weighted by molar-refractivity contribution is -0.146. The van der Waals surface area contributed by atoms with Gasteiger partial charge in [-0.1, -0.05) is 0 Å². The third-order valence-electron chi connectivity index (χ3n) is 2.25. The van der Waals surface area contributed by atoms with E-state index in [-0.39, 0.29) is 13.0 Å². The van der Waals surface area contributed by atoms with Crippen LogP contribution in [0.4, 0.5) is 0 Å². The molecule has 0 aromatic heterocycles. The van der Waals surface area contributed by atoms with E-state index in [0.717, 1.165) is 4.90 Å². The average molecular weight is 284 g/mol. The minimum Gasteiger partial charge on any atom is -0.497 e. The fraction of sp³-hybridized carbons (Fsp3) is 0.385. The second-order valence-electron chi connectivity index (χ2n) is 3.63. The number of carboxylic acid groups (broad SMARTS) is 1. The van der Waals surface area contributed by atoms with Gasteiger partial charge in [-0.25, -0.2) is 0 Å². The summed E-state index contributed by atoms with van der Waals surface area (Å²) < 4.78 is 9.90. The van der Waals surface area contributed by atoms with Crippen LogP contribution in [0.2, 0.25) is 0 Å². The highest BCUT2D eigenvalue weighted by Gasteiger charge is 2.24. The van der Waals surface area contributed by atoms with Crippen molar-refractivity contribution < 1.29 is 24.2 Å². The highest BCUT2D eigenvalue weighted by molar-refractivity contribution is 8.00. The van der Waals surface area contributed by atoms with Gasteiger partial charge in [0.25, 0.3) is 0 Å². The lowest BCUT2D eigenvalue weighted by Gasteiger charge is -2.13. The van der Waals surface area contributed by atoms with Crippen molar-refractivity contribution in [2.24, 2.45) is 0 Å². The average Bonchev–Trinajstić information content (AvgIpc) is 2.38. The van der Waals surface area contributed by atoms with Crippen molar-refractivity contribution in [1.29, 1.82) is 0 Å². The molecule has 104 valence electrons. The van der Waals surface area contributed by atoms with Crippen LogP contribution in [0.25, 0.3) is 0 Å². The van der Waals surface area contributed by atoms with E-state index in [2.05, 4.69) is 0 Å². The summed E-state index contributed by atoms with van der Waals surface area (Å²) in [6, 6.07) is 7.06. The van der Waals surface area contributed by atoms with E-state index >= 15 is 0 Å². The Morgan fingerprint density at radius 3 is 2.42 bits per heavy atom. The van der Waals surface area contributed by atoms with E-state index in [0.29, 0.717) is 5.75 Å². The molecule has 0 heterocycles. The number of aliphatic carboxylic acids is 1. The first kappa shape index (κ1) is 15.4. The van der Waals surface area contributed by atoms with Crippen LogP contribution < -0.4 is 4.74 Å². The Labute approximate surface area is 115 Å². The van der Waals surface area contributed by atoms with Crippen molar-refractivity contribution >= 4 is 23.7 Å². The van der Waals surface area contributed by atoms with Crippen molar-refractivity contribution in [1.82, 2.24) is 0 Å². The minimum absolute atomic E-state index is 0.234. The minimum atomic E-state index is -1.03. The molecule has 1 atom stereocenters. The predicted molar refractivity (Wildman–Crippen MR) is 71.5 cm³/mol. The molecule has 0 aliphatic rings. The fourth-order valence-corrected chi connectivity index (χ4v) is 2.40. The van der Waals surface area contributed by atoms with Gasteiger partial charge >= 0.3 is 11.9 Å². The zero-order chi connectivity index (χ0) is 14.3. The topological polar surface area (TPSA) is 72.8 Å². The first-order chi connectivity index (χ1) is 9.06. The summed E-state index contributed by atoms with van der Waals surface area (Å²) in [7, 11) is 1.56. The van der Waals surface area contributed by atoms with Crippen molar-refractivity contribution in [2.45, 2.75) is 23.5 Å². The standard InChI is InChI=1S/C13H16O5S/c1-3-18-13(16)11(8-12(14)15)19-10-6-4-9(17-2)5-7-10/h4-7,11H,3,8H2,1-2H3,(H,14,15). The number of carboxylic acids is 1. The summed E-state index contributed by atoms with van der Waals surface area (Å²) in [4.78, 5) is 23.2. The zero-order valence-corrected chi connectivity index (χ0v) is 11.6. The van der Waals surface area contributed by atoms with Gasteiger partial charge in [-0.3, -0.25) is 9.59 Å². The van der Waals surface area contributed by atoms with Crippen LogP contribution >= 0.6 is 11.8 Å². The third-order valence-corrected chi connectivity index (χ3v) is 3.44. The molecule has 0 amide bonds. The van der Waals surface area contributed by atoms with E-state index in [9.17, 15) is 9.59 Å². The molecule has 0 radical (unpaired) electrons. The van der Waals surface area contributed by atoms with Crippen LogP contribution in [0.15, 0.2) is 29.2 Å². The third kappa shape index (κ3) is 5.21. The Kier molecular flexibility index (Phi) is 6.21. The predicted octanol–water partition coefficient (Wildman–Crippen LogP) is 2.19. The second kappa shape index (κ2) is 7.68. The zero-order valence-electron chi connectivity index (χ0n) is 10.8. The monoisotopic (exact) mass is 284 g/mol. The normalized spacial score (nSPS) is 11.7. The number of methoxy groups -OCH3 is 1. The highest BCUT2D eigenvalue weighted by Crippen LogP contribution is 2.28. The van der Waals surface area contributed by atoms with E-state index < -0.39 is 17.2 Å². The summed E-state index contributed by atoms with van der Waals surface area (Å²) in [5, 5.41) is 8.08. The van der Waals surface area contributed by atoms with E-state index in [1.54, 1.807) is 38.3 Å². The van der Waals surface area contributed by atoms with Crippen molar-refractivity contribution in [3.8, 4) is 5.75 Å². The molecule has 6 heteroatoms. The van der Waals surface area contributed by atoms with Crippen molar-refractivity contribution in [3.05, 3.63) is 24.3 Å². The van der Waals surface area contributed by atoms with Gasteiger partial charge in [-0.15, -0.1) is 11.8 Å². The summed E-state index contributed by atoms with van der Waals surface area (Å²) in [5.41, 5.74) is 0. The molecular weight excluding hydrogens is 268 g/mol. The van der Waals surface area contributed by atoms with Crippen LogP contribution in [0.3, 0.4) is 0 Å². The molecule has 1 rings (SSSR count). The Morgan fingerprint density at radius 2 is 1.95 bits per heavy atom. The highest BCUT2D eigenvalue weighted by atomic mass is 32.2. The molecule has 5 nitrogen and oxygen atoms in total. The van der Waals surface area contributed by atoms with Crippen molar-refractivity contribution in [2.75, 3.05) is 13.7 Å². The Morgan fingerprint density at radius 1 is 1.32 bits per heavy atom. The van der Waals surface area contributed by atoms with Gasteiger partial charge in [-0.2, -0.15) is 0 Å². The smallest absolute Gasteiger partial charge is 0.320 e. The molecule has 0 spiro atoms. The maximum atomic E-state index is 11.7. The van der Waals surface area contributed by atoms with Crippen LogP contribution in [0.5, 0.6) is 5.75 Å². The Balaban J connectivity index is 2.74. The molecule has 0 aliphatic carbocycles. The largest absolute Gasteiger partial charge is 0.497 e. The number of hydrogen-bond donors (Lipinski definition) is 1. The Bertz CT molecular complexity index is 429. The number of benzene rings is 1. The summed E-state index contributed by atoms with van der Waals surface area (Å²) in [6.07, 6.45) is -0.268. The molecule has 1 aromatic carbocycles. The first-order valence-electron chi connectivity index (χ1n) is 5.76. The lowest BCUT2D eigenvalue weighted by Crippen LogP contribution is -2.23.